The van der Waals surface area contributed by atoms with Crippen LogP contribution in [0, 0.1) is 0 Å². The van der Waals surface area contributed by atoms with Gasteiger partial charge in [-0.05, 0) is 35.7 Å². The standard InChI is InChI=1S/C22H26N2O4/c25-20(23-18-9-3-1-2-4-10-18)14-19(22(27)28)24-21(26)17-12-11-15-7-5-6-8-16(15)13-17/h5-8,11-13,18-19H,1-4,9-10,14H2,(H,23,25)(H,24,26)(H,27,28)/t19-/m1/s1. The van der Waals surface area contributed by atoms with E-state index in [9.17, 15) is 19.5 Å². The average Bonchev–Trinajstić information content (AvgIpc) is 2.95. The van der Waals surface area contributed by atoms with Crippen LogP contribution in [-0.2, 0) is 9.59 Å². The summed E-state index contributed by atoms with van der Waals surface area (Å²) in [5.74, 6) is -2.05. The molecule has 1 saturated carbocycles. The molecular formula is C22H26N2O4. The van der Waals surface area contributed by atoms with Crippen LogP contribution < -0.4 is 10.6 Å². The predicted molar refractivity (Wildman–Crippen MR) is 107 cm³/mol. The van der Waals surface area contributed by atoms with Crippen molar-refractivity contribution >= 4 is 28.6 Å². The lowest BCUT2D eigenvalue weighted by Crippen LogP contribution is -2.45. The van der Waals surface area contributed by atoms with E-state index in [2.05, 4.69) is 10.6 Å². The van der Waals surface area contributed by atoms with E-state index in [1.807, 2.05) is 30.3 Å². The van der Waals surface area contributed by atoms with Crippen LogP contribution in [-0.4, -0.2) is 35.0 Å². The van der Waals surface area contributed by atoms with Crippen LogP contribution in [0.2, 0.25) is 0 Å². The summed E-state index contributed by atoms with van der Waals surface area (Å²) in [6.07, 6.45) is 6.07. The fourth-order valence-corrected chi connectivity index (χ4v) is 3.67. The molecule has 2 amide bonds. The van der Waals surface area contributed by atoms with E-state index in [4.69, 9.17) is 0 Å². The van der Waals surface area contributed by atoms with Crippen LogP contribution >= 0.6 is 0 Å². The number of hydrogen-bond acceptors (Lipinski definition) is 3. The van der Waals surface area contributed by atoms with Crippen LogP contribution in [0.3, 0.4) is 0 Å². The topological polar surface area (TPSA) is 95.5 Å². The lowest BCUT2D eigenvalue weighted by molar-refractivity contribution is -0.141. The van der Waals surface area contributed by atoms with E-state index in [0.717, 1.165) is 36.5 Å². The Morgan fingerprint density at radius 3 is 2.32 bits per heavy atom. The molecule has 2 aromatic carbocycles. The highest BCUT2D eigenvalue weighted by molar-refractivity contribution is 6.00. The zero-order valence-electron chi connectivity index (χ0n) is 15.8. The van der Waals surface area contributed by atoms with E-state index >= 15 is 0 Å². The van der Waals surface area contributed by atoms with Crippen molar-refractivity contribution in [1.29, 1.82) is 0 Å². The highest BCUT2D eigenvalue weighted by Gasteiger charge is 2.25. The van der Waals surface area contributed by atoms with Crippen LogP contribution in [0.4, 0.5) is 0 Å². The summed E-state index contributed by atoms with van der Waals surface area (Å²) in [7, 11) is 0. The van der Waals surface area contributed by atoms with Crippen molar-refractivity contribution in [3.05, 3.63) is 48.0 Å². The molecule has 1 aliphatic carbocycles. The Labute approximate surface area is 164 Å². The van der Waals surface area contributed by atoms with Gasteiger partial charge in [-0.3, -0.25) is 9.59 Å². The average molecular weight is 382 g/mol. The van der Waals surface area contributed by atoms with Gasteiger partial charge in [-0.1, -0.05) is 56.0 Å². The van der Waals surface area contributed by atoms with Crippen molar-refractivity contribution in [3.8, 4) is 0 Å². The van der Waals surface area contributed by atoms with Crippen LogP contribution in [0.1, 0.15) is 55.3 Å². The van der Waals surface area contributed by atoms with Crippen LogP contribution in [0.25, 0.3) is 10.8 Å². The Morgan fingerprint density at radius 1 is 0.964 bits per heavy atom. The largest absolute Gasteiger partial charge is 0.480 e. The van der Waals surface area contributed by atoms with Gasteiger partial charge in [0, 0.05) is 11.6 Å². The maximum atomic E-state index is 12.5. The van der Waals surface area contributed by atoms with Gasteiger partial charge in [0.25, 0.3) is 5.91 Å². The molecule has 1 atom stereocenters. The molecular weight excluding hydrogens is 356 g/mol. The second-order valence-corrected chi connectivity index (χ2v) is 7.39. The SMILES string of the molecule is O=C(C[C@@H](NC(=O)c1ccc2ccccc2c1)C(=O)O)NC1CCCCCC1. The maximum Gasteiger partial charge on any atom is 0.326 e. The van der Waals surface area contributed by atoms with Crippen molar-refractivity contribution in [2.24, 2.45) is 0 Å². The van der Waals surface area contributed by atoms with Gasteiger partial charge in [-0.15, -0.1) is 0 Å². The van der Waals surface area contributed by atoms with Gasteiger partial charge < -0.3 is 15.7 Å². The molecule has 0 saturated heterocycles. The van der Waals surface area contributed by atoms with Crippen molar-refractivity contribution in [1.82, 2.24) is 10.6 Å². The molecule has 1 fully saturated rings. The van der Waals surface area contributed by atoms with Crippen molar-refractivity contribution in [3.63, 3.8) is 0 Å². The molecule has 0 heterocycles. The van der Waals surface area contributed by atoms with Crippen molar-refractivity contribution in [2.75, 3.05) is 0 Å². The molecule has 148 valence electrons. The van der Waals surface area contributed by atoms with E-state index in [-0.39, 0.29) is 18.4 Å². The van der Waals surface area contributed by atoms with Gasteiger partial charge in [-0.2, -0.15) is 0 Å². The Balaban J connectivity index is 1.61. The monoisotopic (exact) mass is 382 g/mol. The Hall–Kier alpha value is -2.89. The summed E-state index contributed by atoms with van der Waals surface area (Å²) in [6.45, 7) is 0. The number of carboxylic acids is 1. The molecule has 6 nitrogen and oxygen atoms in total. The second kappa shape index (κ2) is 9.35. The smallest absolute Gasteiger partial charge is 0.326 e. The van der Waals surface area contributed by atoms with Crippen molar-refractivity contribution < 1.29 is 19.5 Å². The molecule has 3 N–H and O–H groups in total. The quantitative estimate of drug-likeness (QED) is 0.668. The molecule has 0 aliphatic heterocycles. The van der Waals surface area contributed by atoms with Gasteiger partial charge in [0.15, 0.2) is 0 Å². The van der Waals surface area contributed by atoms with Gasteiger partial charge >= 0.3 is 5.97 Å². The first-order valence-electron chi connectivity index (χ1n) is 9.85. The summed E-state index contributed by atoms with van der Waals surface area (Å²) in [6, 6.07) is 11.6. The Morgan fingerprint density at radius 2 is 1.64 bits per heavy atom. The van der Waals surface area contributed by atoms with E-state index in [1.54, 1.807) is 12.1 Å². The third-order valence-electron chi connectivity index (χ3n) is 5.22. The molecule has 0 bridgehead atoms. The molecule has 3 rings (SSSR count). The first-order chi connectivity index (χ1) is 13.5. The highest BCUT2D eigenvalue weighted by Crippen LogP contribution is 2.18. The highest BCUT2D eigenvalue weighted by atomic mass is 16.4. The summed E-state index contributed by atoms with van der Waals surface area (Å²) in [5, 5.41) is 16.7. The molecule has 28 heavy (non-hydrogen) atoms. The van der Waals surface area contributed by atoms with Gasteiger partial charge in [-0.25, -0.2) is 4.79 Å². The van der Waals surface area contributed by atoms with Gasteiger partial charge in [0.05, 0.1) is 6.42 Å². The summed E-state index contributed by atoms with van der Waals surface area (Å²) >= 11 is 0. The third kappa shape index (κ3) is 5.31. The van der Waals surface area contributed by atoms with Crippen LogP contribution in [0.15, 0.2) is 42.5 Å². The number of amides is 2. The number of hydrogen-bond donors (Lipinski definition) is 3. The number of nitrogens with one attached hydrogen (secondary N) is 2. The first kappa shape index (κ1) is 19.9. The molecule has 6 heteroatoms. The summed E-state index contributed by atoms with van der Waals surface area (Å²) in [4.78, 5) is 36.4. The zero-order valence-corrected chi connectivity index (χ0v) is 15.8. The molecule has 1 aliphatic rings. The zero-order chi connectivity index (χ0) is 19.9. The number of carbonyl (C=O) groups is 3. The molecule has 0 radical (unpaired) electrons. The minimum Gasteiger partial charge on any atom is -0.480 e. The van der Waals surface area contributed by atoms with Gasteiger partial charge in [0.1, 0.15) is 6.04 Å². The Kier molecular flexibility index (Phi) is 6.63. The number of carbonyl (C=O) groups excluding carboxylic acids is 2. The van der Waals surface area contributed by atoms with E-state index in [0.29, 0.717) is 5.56 Å². The van der Waals surface area contributed by atoms with E-state index < -0.39 is 17.9 Å². The summed E-state index contributed by atoms with van der Waals surface area (Å²) in [5.41, 5.74) is 0.370. The number of rotatable bonds is 6. The normalized spacial score (nSPS) is 16.1. The lowest BCUT2D eigenvalue weighted by Gasteiger charge is -2.19. The minimum absolute atomic E-state index is 0.0978. The molecule has 0 aromatic heterocycles. The number of carboxylic acid groups (broad SMARTS) is 1. The lowest BCUT2D eigenvalue weighted by atomic mass is 10.1. The number of aliphatic carboxylic acids is 1. The van der Waals surface area contributed by atoms with Gasteiger partial charge in [0.2, 0.25) is 5.91 Å². The van der Waals surface area contributed by atoms with E-state index in [1.165, 1.54) is 12.8 Å². The minimum atomic E-state index is -1.26. The second-order valence-electron chi connectivity index (χ2n) is 7.39. The molecule has 0 spiro atoms. The fourth-order valence-electron chi connectivity index (χ4n) is 3.67. The molecule has 2 aromatic rings. The number of benzene rings is 2. The summed E-state index contributed by atoms with van der Waals surface area (Å²) < 4.78 is 0. The maximum absolute atomic E-state index is 12.5. The van der Waals surface area contributed by atoms with Crippen molar-refractivity contribution in [2.45, 2.75) is 57.0 Å². The molecule has 0 unspecified atom stereocenters. The first-order valence-corrected chi connectivity index (χ1v) is 9.85. The van der Waals surface area contributed by atoms with Crippen LogP contribution in [0.5, 0.6) is 0 Å². The number of fused-ring (bicyclic) bond motifs is 1. The predicted octanol–water partition coefficient (Wildman–Crippen LogP) is 3.25. The fraction of sp³-hybridized carbons (Fsp3) is 0.409. The Bertz CT molecular complexity index is 856. The third-order valence-corrected chi connectivity index (χ3v) is 5.22.